The normalized spacial score (nSPS) is 11.0. The lowest BCUT2D eigenvalue weighted by molar-refractivity contribution is 0.0703. The number of ether oxygens (including phenoxy) is 2. The Hall–Kier alpha value is -0.810. The maximum absolute atomic E-state index is 8.60. The van der Waals surface area contributed by atoms with Gasteiger partial charge in [0.25, 0.3) is 0 Å². The molecule has 0 aliphatic carbocycles. The number of aliphatic hydroxyl groups excluding tert-OH is 1. The maximum atomic E-state index is 8.60. The molecule has 0 amide bonds. The fraction of sp³-hybridized carbons (Fsp3) is 0.571. The Morgan fingerprint density at radius 1 is 1.26 bits per heavy atom. The van der Waals surface area contributed by atoms with Gasteiger partial charge in [0.15, 0.2) is 0 Å². The van der Waals surface area contributed by atoms with Crippen molar-refractivity contribution in [2.24, 2.45) is 0 Å². The van der Waals surface area contributed by atoms with Crippen LogP contribution in [0.4, 0.5) is 0 Å². The van der Waals surface area contributed by atoms with Crippen LogP contribution in [0.3, 0.4) is 0 Å². The largest absolute Gasteiger partial charge is 0.489 e. The van der Waals surface area contributed by atoms with Crippen molar-refractivity contribution >= 4 is 11.6 Å². The monoisotopic (exact) mass is 287 g/mol. The molecule has 0 radical (unpaired) electrons. The predicted molar refractivity (Wildman–Crippen MR) is 76.8 cm³/mol. The zero-order valence-electron chi connectivity index (χ0n) is 11.5. The lowest BCUT2D eigenvalue weighted by atomic mass is 10.2. The summed E-state index contributed by atoms with van der Waals surface area (Å²) in [7, 11) is 0. The highest BCUT2D eigenvalue weighted by Crippen LogP contribution is 2.28. The standard InChI is InChI=1S/C14H22ClNO3/c1-11(2)16-10-12-4-3-5-13(15)14(12)19-9-8-18-7-6-17/h3-5,11,16-17H,6-10H2,1-2H3. The van der Waals surface area contributed by atoms with Gasteiger partial charge in [-0.25, -0.2) is 0 Å². The first-order chi connectivity index (χ1) is 9.15. The van der Waals surface area contributed by atoms with Gasteiger partial charge < -0.3 is 19.9 Å². The molecule has 4 nitrogen and oxygen atoms in total. The number of hydrogen-bond acceptors (Lipinski definition) is 4. The Balaban J connectivity index is 2.54. The Morgan fingerprint density at radius 3 is 2.74 bits per heavy atom. The van der Waals surface area contributed by atoms with Crippen molar-refractivity contribution in [2.45, 2.75) is 26.4 Å². The molecular weight excluding hydrogens is 266 g/mol. The zero-order chi connectivity index (χ0) is 14.1. The van der Waals surface area contributed by atoms with Crippen molar-refractivity contribution in [1.82, 2.24) is 5.32 Å². The van der Waals surface area contributed by atoms with E-state index in [0.717, 1.165) is 5.56 Å². The second kappa shape index (κ2) is 9.15. The van der Waals surface area contributed by atoms with E-state index in [1.165, 1.54) is 0 Å². The topological polar surface area (TPSA) is 50.7 Å². The molecule has 0 saturated carbocycles. The van der Waals surface area contributed by atoms with E-state index in [2.05, 4.69) is 19.2 Å². The molecule has 0 aromatic heterocycles. The van der Waals surface area contributed by atoms with Gasteiger partial charge in [0.05, 0.1) is 24.8 Å². The Kier molecular flexibility index (Phi) is 7.82. The van der Waals surface area contributed by atoms with Crippen LogP contribution in [0.5, 0.6) is 5.75 Å². The molecule has 108 valence electrons. The molecule has 0 aliphatic heterocycles. The molecular formula is C14H22ClNO3. The molecule has 0 unspecified atom stereocenters. The van der Waals surface area contributed by atoms with Gasteiger partial charge in [0, 0.05) is 18.2 Å². The Bertz CT molecular complexity index is 372. The van der Waals surface area contributed by atoms with Crippen LogP contribution >= 0.6 is 11.6 Å². The maximum Gasteiger partial charge on any atom is 0.142 e. The van der Waals surface area contributed by atoms with Gasteiger partial charge in [0.1, 0.15) is 12.4 Å². The van der Waals surface area contributed by atoms with Crippen LogP contribution < -0.4 is 10.1 Å². The van der Waals surface area contributed by atoms with Gasteiger partial charge in [0.2, 0.25) is 0 Å². The van der Waals surface area contributed by atoms with Crippen LogP contribution in [0.2, 0.25) is 5.02 Å². The lowest BCUT2D eigenvalue weighted by Crippen LogP contribution is -2.22. The number of aliphatic hydroxyl groups is 1. The summed E-state index contributed by atoms with van der Waals surface area (Å²) >= 11 is 6.15. The predicted octanol–water partition coefficient (Wildman–Crippen LogP) is 2.23. The number of para-hydroxylation sites is 1. The Morgan fingerprint density at radius 2 is 2.05 bits per heavy atom. The highest BCUT2D eigenvalue weighted by atomic mass is 35.5. The molecule has 5 heteroatoms. The number of hydrogen-bond donors (Lipinski definition) is 2. The first-order valence-corrected chi connectivity index (χ1v) is 6.85. The fourth-order valence-electron chi connectivity index (χ4n) is 1.54. The van der Waals surface area contributed by atoms with Crippen molar-refractivity contribution in [3.63, 3.8) is 0 Å². The minimum Gasteiger partial charge on any atom is -0.489 e. The molecule has 2 N–H and O–H groups in total. The van der Waals surface area contributed by atoms with Crippen molar-refractivity contribution in [2.75, 3.05) is 26.4 Å². The summed E-state index contributed by atoms with van der Waals surface area (Å²) in [6.45, 7) is 6.09. The van der Waals surface area contributed by atoms with E-state index in [4.69, 9.17) is 26.2 Å². The molecule has 1 aromatic carbocycles. The van der Waals surface area contributed by atoms with E-state index >= 15 is 0 Å². The third kappa shape index (κ3) is 6.25. The molecule has 19 heavy (non-hydrogen) atoms. The van der Waals surface area contributed by atoms with E-state index in [-0.39, 0.29) is 6.61 Å². The second-order valence-corrected chi connectivity index (χ2v) is 4.86. The minimum absolute atomic E-state index is 0.0235. The van der Waals surface area contributed by atoms with Gasteiger partial charge in [-0.1, -0.05) is 37.6 Å². The summed E-state index contributed by atoms with van der Waals surface area (Å²) in [5.74, 6) is 0.699. The first-order valence-electron chi connectivity index (χ1n) is 6.47. The zero-order valence-corrected chi connectivity index (χ0v) is 12.2. The third-order valence-corrected chi connectivity index (χ3v) is 2.76. The number of rotatable bonds is 9. The molecule has 0 bridgehead atoms. The van der Waals surface area contributed by atoms with Crippen molar-refractivity contribution < 1.29 is 14.6 Å². The van der Waals surface area contributed by atoms with Crippen LogP contribution in [-0.2, 0) is 11.3 Å². The molecule has 0 aliphatic rings. The van der Waals surface area contributed by atoms with Crippen molar-refractivity contribution in [1.29, 1.82) is 0 Å². The summed E-state index contributed by atoms with van der Waals surface area (Å²) in [6, 6.07) is 6.12. The molecule has 0 fully saturated rings. The van der Waals surface area contributed by atoms with Gasteiger partial charge >= 0.3 is 0 Å². The van der Waals surface area contributed by atoms with Crippen LogP contribution in [-0.4, -0.2) is 37.6 Å². The number of benzene rings is 1. The first kappa shape index (κ1) is 16.2. The van der Waals surface area contributed by atoms with Crippen LogP contribution in [0.15, 0.2) is 18.2 Å². The van der Waals surface area contributed by atoms with E-state index in [0.29, 0.717) is 43.2 Å². The average Bonchev–Trinajstić information content (AvgIpc) is 2.38. The minimum atomic E-state index is 0.0235. The second-order valence-electron chi connectivity index (χ2n) is 4.45. The SMILES string of the molecule is CC(C)NCc1cccc(Cl)c1OCCOCCO. The third-order valence-electron chi connectivity index (χ3n) is 2.46. The molecule has 1 aromatic rings. The van der Waals surface area contributed by atoms with Crippen LogP contribution in [0.1, 0.15) is 19.4 Å². The highest BCUT2D eigenvalue weighted by molar-refractivity contribution is 6.32. The molecule has 1 rings (SSSR count). The number of nitrogens with one attached hydrogen (secondary N) is 1. The molecule has 0 atom stereocenters. The van der Waals surface area contributed by atoms with Crippen LogP contribution in [0, 0.1) is 0 Å². The molecule has 0 spiro atoms. The summed E-state index contributed by atoms with van der Waals surface area (Å²) in [5.41, 5.74) is 1.03. The van der Waals surface area contributed by atoms with Gasteiger partial charge in [-0.15, -0.1) is 0 Å². The summed E-state index contributed by atoms with van der Waals surface area (Å²) in [5, 5.41) is 12.5. The van der Waals surface area contributed by atoms with Crippen molar-refractivity contribution in [3.8, 4) is 5.75 Å². The van der Waals surface area contributed by atoms with E-state index < -0.39 is 0 Å². The smallest absolute Gasteiger partial charge is 0.142 e. The summed E-state index contributed by atoms with van der Waals surface area (Å²) in [6.07, 6.45) is 0. The van der Waals surface area contributed by atoms with E-state index in [9.17, 15) is 0 Å². The molecule has 0 heterocycles. The van der Waals surface area contributed by atoms with Gasteiger partial charge in [-0.3, -0.25) is 0 Å². The van der Waals surface area contributed by atoms with Gasteiger partial charge in [-0.05, 0) is 6.07 Å². The van der Waals surface area contributed by atoms with E-state index in [1.54, 1.807) is 0 Å². The lowest BCUT2D eigenvalue weighted by Gasteiger charge is -2.15. The van der Waals surface area contributed by atoms with E-state index in [1.807, 2.05) is 18.2 Å². The number of halogens is 1. The Labute approximate surface area is 119 Å². The fourth-order valence-corrected chi connectivity index (χ4v) is 1.79. The average molecular weight is 288 g/mol. The quantitative estimate of drug-likeness (QED) is 0.684. The summed E-state index contributed by atoms with van der Waals surface area (Å²) < 4.78 is 10.8. The molecule has 0 saturated heterocycles. The highest BCUT2D eigenvalue weighted by Gasteiger charge is 2.08. The summed E-state index contributed by atoms with van der Waals surface area (Å²) in [4.78, 5) is 0. The van der Waals surface area contributed by atoms with Gasteiger partial charge in [-0.2, -0.15) is 0 Å². The van der Waals surface area contributed by atoms with Crippen LogP contribution in [0.25, 0.3) is 0 Å². The van der Waals surface area contributed by atoms with Crippen molar-refractivity contribution in [3.05, 3.63) is 28.8 Å².